The van der Waals surface area contributed by atoms with Gasteiger partial charge < -0.3 is 29.8 Å². The third-order valence-corrected chi connectivity index (χ3v) is 8.02. The van der Waals surface area contributed by atoms with E-state index in [4.69, 9.17) is 9.47 Å². The molecule has 1 saturated heterocycles. The number of carbonyl (C=O) groups is 2. The van der Waals surface area contributed by atoms with Gasteiger partial charge in [0.2, 0.25) is 0 Å². The van der Waals surface area contributed by atoms with E-state index in [2.05, 4.69) is 30.8 Å². The van der Waals surface area contributed by atoms with Crippen LogP contribution in [-0.4, -0.2) is 82.6 Å². The third kappa shape index (κ3) is 7.91. The molecule has 3 N–H and O–H groups in total. The standard InChI is InChI=1S/C32H35F2N7O4/c33-21-4-9-29-39-28(20-41(29)19-21)32(43)38-24-7-5-23(6-8-24)37-31(42)27-16-22(34)18-35-30(27)36-25-2-1-3-26(17-25)45-15-12-40-10-13-44-14-11-40/h1-4,9,16-20,23-24H,5-8,10-15H2,(H,35,36)(H,37,42)(H,38,43). The zero-order chi connectivity index (χ0) is 31.2. The van der Waals surface area contributed by atoms with E-state index < -0.39 is 17.5 Å². The monoisotopic (exact) mass is 619 g/mol. The number of nitrogens with one attached hydrogen (secondary N) is 3. The summed E-state index contributed by atoms with van der Waals surface area (Å²) in [5.41, 5.74) is 1.43. The summed E-state index contributed by atoms with van der Waals surface area (Å²) in [5.74, 6) is -0.912. The van der Waals surface area contributed by atoms with Crippen molar-refractivity contribution in [3.63, 3.8) is 0 Å². The van der Waals surface area contributed by atoms with Crippen LogP contribution in [0, 0.1) is 11.6 Å². The SMILES string of the molecule is O=C(NC1CCC(NC(=O)c2cc(F)cnc2Nc2cccc(OCCN3CCOCC3)c2)CC1)c1cn2cc(F)ccc2n1. The van der Waals surface area contributed by atoms with Gasteiger partial charge in [-0.2, -0.15) is 0 Å². The minimum atomic E-state index is -0.619. The molecule has 2 aliphatic rings. The van der Waals surface area contributed by atoms with Crippen LogP contribution in [0.5, 0.6) is 5.75 Å². The topological polar surface area (TPSA) is 122 Å². The van der Waals surface area contributed by atoms with Gasteiger partial charge in [0.15, 0.2) is 0 Å². The number of halogens is 2. The van der Waals surface area contributed by atoms with Gasteiger partial charge in [-0.1, -0.05) is 6.07 Å². The van der Waals surface area contributed by atoms with Crippen LogP contribution in [-0.2, 0) is 4.74 Å². The molecule has 4 aromatic rings. The number of rotatable bonds is 10. The van der Waals surface area contributed by atoms with E-state index in [1.165, 1.54) is 35.0 Å². The molecule has 3 aromatic heterocycles. The Morgan fingerprint density at radius 2 is 1.69 bits per heavy atom. The van der Waals surface area contributed by atoms with E-state index >= 15 is 0 Å². The molecular weight excluding hydrogens is 584 g/mol. The summed E-state index contributed by atoms with van der Waals surface area (Å²) in [6, 6.07) is 11.0. The molecule has 1 aliphatic heterocycles. The van der Waals surface area contributed by atoms with E-state index in [9.17, 15) is 18.4 Å². The fourth-order valence-electron chi connectivity index (χ4n) is 5.61. The first-order valence-electron chi connectivity index (χ1n) is 15.1. The van der Waals surface area contributed by atoms with Crippen LogP contribution < -0.4 is 20.7 Å². The zero-order valence-electron chi connectivity index (χ0n) is 24.7. The summed E-state index contributed by atoms with van der Waals surface area (Å²) in [4.78, 5) is 36.7. The van der Waals surface area contributed by atoms with Crippen LogP contribution in [0.2, 0.25) is 0 Å². The van der Waals surface area contributed by atoms with Gasteiger partial charge in [0, 0.05) is 55.9 Å². The van der Waals surface area contributed by atoms with Crippen molar-refractivity contribution in [2.24, 2.45) is 0 Å². The summed E-state index contributed by atoms with van der Waals surface area (Å²) in [6.07, 6.45) is 6.36. The number of aromatic nitrogens is 3. The summed E-state index contributed by atoms with van der Waals surface area (Å²) < 4.78 is 40.5. The highest BCUT2D eigenvalue weighted by molar-refractivity contribution is 5.99. The van der Waals surface area contributed by atoms with Gasteiger partial charge in [0.25, 0.3) is 11.8 Å². The number of morpholine rings is 1. The quantitative estimate of drug-likeness (QED) is 0.244. The fraction of sp³-hybridized carbons (Fsp3) is 0.375. The second kappa shape index (κ2) is 14.0. The van der Waals surface area contributed by atoms with Gasteiger partial charge in [-0.25, -0.2) is 18.7 Å². The molecule has 2 fully saturated rings. The van der Waals surface area contributed by atoms with Gasteiger partial charge in [-0.05, 0) is 56.0 Å². The molecule has 0 unspecified atom stereocenters. The highest BCUT2D eigenvalue weighted by Crippen LogP contribution is 2.25. The Morgan fingerprint density at radius 1 is 0.933 bits per heavy atom. The van der Waals surface area contributed by atoms with Crippen LogP contribution >= 0.6 is 0 Å². The smallest absolute Gasteiger partial charge is 0.271 e. The number of ether oxygens (including phenoxy) is 2. The first kappa shape index (κ1) is 30.4. The number of anilines is 2. The minimum absolute atomic E-state index is 0.0901. The maximum atomic E-state index is 14.2. The second-order valence-electron chi connectivity index (χ2n) is 11.2. The van der Waals surface area contributed by atoms with Crippen LogP contribution in [0.4, 0.5) is 20.3 Å². The highest BCUT2D eigenvalue weighted by atomic mass is 19.1. The summed E-state index contributed by atoms with van der Waals surface area (Å²) in [6.45, 7) is 4.56. The predicted octanol–water partition coefficient (Wildman–Crippen LogP) is 3.93. The van der Waals surface area contributed by atoms with Gasteiger partial charge in [-0.3, -0.25) is 14.5 Å². The van der Waals surface area contributed by atoms with E-state index in [0.29, 0.717) is 49.4 Å². The number of carbonyl (C=O) groups excluding carboxylic acids is 2. The Balaban J connectivity index is 1.01. The second-order valence-corrected chi connectivity index (χ2v) is 11.2. The minimum Gasteiger partial charge on any atom is -0.492 e. The predicted molar refractivity (Wildman–Crippen MR) is 163 cm³/mol. The molecule has 0 atom stereocenters. The Bertz CT molecular complexity index is 1650. The van der Waals surface area contributed by atoms with Crippen molar-refractivity contribution in [1.82, 2.24) is 29.9 Å². The number of fused-ring (bicyclic) bond motifs is 1. The normalized spacial score (nSPS) is 18.8. The molecule has 11 nitrogen and oxygen atoms in total. The number of benzene rings is 1. The number of nitrogens with zero attached hydrogens (tertiary/aromatic N) is 4. The molecule has 13 heteroatoms. The van der Waals surface area contributed by atoms with E-state index in [0.717, 1.165) is 39.0 Å². The highest BCUT2D eigenvalue weighted by Gasteiger charge is 2.26. The first-order chi connectivity index (χ1) is 21.9. The molecule has 236 valence electrons. The van der Waals surface area contributed by atoms with Crippen LogP contribution in [0.3, 0.4) is 0 Å². The Hall–Kier alpha value is -4.62. The molecule has 0 spiro atoms. The maximum Gasteiger partial charge on any atom is 0.271 e. The lowest BCUT2D eigenvalue weighted by Crippen LogP contribution is -2.44. The van der Waals surface area contributed by atoms with Crippen LogP contribution in [0.25, 0.3) is 5.65 Å². The van der Waals surface area contributed by atoms with Crippen molar-refractivity contribution in [1.29, 1.82) is 0 Å². The fourth-order valence-corrected chi connectivity index (χ4v) is 5.61. The maximum absolute atomic E-state index is 14.2. The van der Waals surface area contributed by atoms with E-state index in [1.807, 2.05) is 24.3 Å². The molecule has 1 aliphatic carbocycles. The lowest BCUT2D eigenvalue weighted by molar-refractivity contribution is 0.0322. The van der Waals surface area contributed by atoms with Gasteiger partial charge in [-0.15, -0.1) is 0 Å². The molecule has 0 bridgehead atoms. The number of imidazole rings is 1. The average Bonchev–Trinajstić information content (AvgIpc) is 3.47. The van der Waals surface area contributed by atoms with E-state index in [1.54, 1.807) is 0 Å². The Morgan fingerprint density at radius 3 is 2.47 bits per heavy atom. The van der Waals surface area contributed by atoms with Crippen molar-refractivity contribution < 1.29 is 27.8 Å². The molecule has 4 heterocycles. The molecule has 1 saturated carbocycles. The molecule has 1 aromatic carbocycles. The number of amides is 2. The Kier molecular flexibility index (Phi) is 9.46. The van der Waals surface area contributed by atoms with Crippen LogP contribution in [0.1, 0.15) is 46.5 Å². The average molecular weight is 620 g/mol. The lowest BCUT2D eigenvalue weighted by atomic mass is 9.91. The lowest BCUT2D eigenvalue weighted by Gasteiger charge is -2.29. The third-order valence-electron chi connectivity index (χ3n) is 8.02. The molecular formula is C32H35F2N7O4. The molecule has 6 rings (SSSR count). The number of hydrogen-bond acceptors (Lipinski definition) is 8. The van der Waals surface area contributed by atoms with Crippen molar-refractivity contribution in [3.05, 3.63) is 83.9 Å². The van der Waals surface area contributed by atoms with Crippen molar-refractivity contribution in [2.45, 2.75) is 37.8 Å². The first-order valence-corrected chi connectivity index (χ1v) is 15.1. The summed E-state index contributed by atoms with van der Waals surface area (Å²) >= 11 is 0. The molecule has 2 amide bonds. The van der Waals surface area contributed by atoms with Gasteiger partial charge in [0.05, 0.1) is 25.0 Å². The molecule has 0 radical (unpaired) electrons. The summed E-state index contributed by atoms with van der Waals surface area (Å²) in [7, 11) is 0. The largest absolute Gasteiger partial charge is 0.492 e. The van der Waals surface area contributed by atoms with Gasteiger partial charge >= 0.3 is 0 Å². The zero-order valence-corrected chi connectivity index (χ0v) is 24.7. The number of pyridine rings is 2. The van der Waals surface area contributed by atoms with Crippen molar-refractivity contribution in [2.75, 3.05) is 44.8 Å². The summed E-state index contributed by atoms with van der Waals surface area (Å²) in [5, 5.41) is 9.12. The van der Waals surface area contributed by atoms with E-state index in [-0.39, 0.29) is 35.1 Å². The van der Waals surface area contributed by atoms with Crippen LogP contribution in [0.15, 0.2) is 61.1 Å². The van der Waals surface area contributed by atoms with Crippen molar-refractivity contribution in [3.8, 4) is 5.75 Å². The Labute approximate surface area is 258 Å². The molecule has 45 heavy (non-hydrogen) atoms. The van der Waals surface area contributed by atoms with Gasteiger partial charge in [0.1, 0.15) is 41.1 Å². The number of hydrogen-bond donors (Lipinski definition) is 3. The van der Waals surface area contributed by atoms with Crippen molar-refractivity contribution >= 4 is 29.0 Å².